The summed E-state index contributed by atoms with van der Waals surface area (Å²) in [6.45, 7) is 3.80. The second-order valence-corrected chi connectivity index (χ2v) is 4.33. The zero-order valence-electron chi connectivity index (χ0n) is 9.05. The number of aromatic nitrogens is 1. The molecular weight excluding hydrogens is 279 g/mol. The Labute approximate surface area is 113 Å². The first-order valence-corrected chi connectivity index (χ1v) is 5.71. The highest BCUT2D eigenvalue weighted by Gasteiger charge is 2.11. The van der Waals surface area contributed by atoms with Crippen LogP contribution in [-0.2, 0) is 0 Å². The molecule has 0 radical (unpaired) electrons. The van der Waals surface area contributed by atoms with Crippen molar-refractivity contribution in [2.75, 3.05) is 0 Å². The maximum Gasteiger partial charge on any atom is 0.159 e. The number of rotatable bonds is 2. The Morgan fingerprint density at radius 1 is 1.06 bits per heavy atom. The molecule has 0 saturated carbocycles. The molecule has 0 amide bonds. The molecule has 2 rings (SSSR count). The Morgan fingerprint density at radius 3 is 2.39 bits per heavy atom. The Bertz CT molecular complexity index is 626. The van der Waals surface area contributed by atoms with Crippen LogP contribution >= 0.6 is 23.2 Å². The predicted octanol–water partition coefficient (Wildman–Crippen LogP) is 4.73. The fourth-order valence-electron chi connectivity index (χ4n) is 1.48. The average Bonchev–Trinajstić information content (AvgIpc) is 2.32. The molecule has 1 aromatic carbocycles. The molecule has 0 unspecified atom stereocenters. The van der Waals surface area contributed by atoms with Crippen LogP contribution in [0.4, 0.5) is 8.78 Å². The third kappa shape index (κ3) is 2.52. The van der Waals surface area contributed by atoms with E-state index in [1.165, 1.54) is 6.07 Å². The van der Waals surface area contributed by atoms with Gasteiger partial charge in [0.05, 0.1) is 0 Å². The largest absolute Gasteiger partial charge is 0.224 e. The van der Waals surface area contributed by atoms with Gasteiger partial charge in [0.1, 0.15) is 10.3 Å². The van der Waals surface area contributed by atoms with Gasteiger partial charge in [-0.25, -0.2) is 13.8 Å². The molecule has 92 valence electrons. The van der Waals surface area contributed by atoms with Gasteiger partial charge in [-0.1, -0.05) is 35.8 Å². The second kappa shape index (κ2) is 5.04. The van der Waals surface area contributed by atoms with Gasteiger partial charge in [0.25, 0.3) is 0 Å². The number of benzene rings is 1. The van der Waals surface area contributed by atoms with Crippen LogP contribution < -0.4 is 0 Å². The smallest absolute Gasteiger partial charge is 0.159 e. The summed E-state index contributed by atoms with van der Waals surface area (Å²) in [5, 5.41) is 0.416. The molecule has 0 bridgehead atoms. The fraction of sp³-hybridized carbons (Fsp3) is 0. The second-order valence-electron chi connectivity index (χ2n) is 3.58. The van der Waals surface area contributed by atoms with E-state index < -0.39 is 11.6 Å². The minimum absolute atomic E-state index is 0.164. The topological polar surface area (TPSA) is 12.9 Å². The quantitative estimate of drug-likeness (QED) is 0.727. The molecule has 0 spiro atoms. The Balaban J connectivity index is 2.44. The zero-order chi connectivity index (χ0) is 13.3. The summed E-state index contributed by atoms with van der Waals surface area (Å²) in [7, 11) is 0. The van der Waals surface area contributed by atoms with Gasteiger partial charge in [-0.3, -0.25) is 0 Å². The van der Waals surface area contributed by atoms with Crippen molar-refractivity contribution in [3.05, 3.63) is 70.0 Å². The van der Waals surface area contributed by atoms with Crippen molar-refractivity contribution in [2.24, 2.45) is 0 Å². The van der Waals surface area contributed by atoms with Gasteiger partial charge in [0.15, 0.2) is 11.6 Å². The molecule has 1 aromatic heterocycles. The molecule has 0 fully saturated rings. The molecular formula is C13H7Cl2F2N. The summed E-state index contributed by atoms with van der Waals surface area (Å²) in [5.74, 6) is -1.85. The van der Waals surface area contributed by atoms with Crippen molar-refractivity contribution >= 4 is 28.8 Å². The first-order valence-electron chi connectivity index (χ1n) is 4.96. The maximum atomic E-state index is 13.1. The normalized spacial score (nSPS) is 10.4. The van der Waals surface area contributed by atoms with Crippen molar-refractivity contribution in [1.29, 1.82) is 0 Å². The van der Waals surface area contributed by atoms with Crippen molar-refractivity contribution in [2.45, 2.75) is 0 Å². The van der Waals surface area contributed by atoms with Crippen LogP contribution in [0.2, 0.25) is 10.3 Å². The van der Waals surface area contributed by atoms with Crippen molar-refractivity contribution in [1.82, 2.24) is 4.98 Å². The molecule has 0 aliphatic carbocycles. The molecule has 2 aromatic rings. The van der Waals surface area contributed by atoms with Crippen LogP contribution in [0, 0.1) is 11.6 Å². The highest BCUT2D eigenvalue weighted by atomic mass is 35.5. The van der Waals surface area contributed by atoms with Crippen molar-refractivity contribution in [3.63, 3.8) is 0 Å². The van der Waals surface area contributed by atoms with Crippen LogP contribution in [0.3, 0.4) is 0 Å². The van der Waals surface area contributed by atoms with Crippen LogP contribution in [0.25, 0.3) is 5.57 Å². The summed E-state index contributed by atoms with van der Waals surface area (Å²) in [6.07, 6.45) is 0. The lowest BCUT2D eigenvalue weighted by molar-refractivity contribution is 0.508. The minimum atomic E-state index is -0.938. The Kier molecular flexibility index (Phi) is 3.64. The van der Waals surface area contributed by atoms with E-state index in [1.54, 1.807) is 12.1 Å². The summed E-state index contributed by atoms with van der Waals surface area (Å²) in [5.41, 5.74) is 1.40. The molecule has 0 N–H and O–H groups in total. The summed E-state index contributed by atoms with van der Waals surface area (Å²) in [6, 6.07) is 6.69. The Hall–Kier alpha value is -1.45. The van der Waals surface area contributed by atoms with E-state index in [1.807, 2.05) is 0 Å². The molecule has 5 heteroatoms. The number of nitrogens with zero attached hydrogens (tertiary/aromatic N) is 1. The van der Waals surface area contributed by atoms with Gasteiger partial charge in [-0.2, -0.15) is 0 Å². The van der Waals surface area contributed by atoms with Gasteiger partial charge < -0.3 is 0 Å². The first-order chi connectivity index (χ1) is 8.49. The third-order valence-corrected chi connectivity index (χ3v) is 2.91. The number of hydrogen-bond donors (Lipinski definition) is 0. The van der Waals surface area contributed by atoms with Crippen LogP contribution in [-0.4, -0.2) is 4.98 Å². The lowest BCUT2D eigenvalue weighted by Gasteiger charge is -2.08. The van der Waals surface area contributed by atoms with Crippen LogP contribution in [0.15, 0.2) is 36.9 Å². The summed E-state index contributed by atoms with van der Waals surface area (Å²) < 4.78 is 26.0. The zero-order valence-corrected chi connectivity index (χ0v) is 10.6. The summed E-state index contributed by atoms with van der Waals surface area (Å²) >= 11 is 11.6. The predicted molar refractivity (Wildman–Crippen MR) is 68.8 cm³/mol. The van der Waals surface area contributed by atoms with E-state index in [0.29, 0.717) is 16.7 Å². The highest BCUT2D eigenvalue weighted by molar-refractivity contribution is 6.33. The van der Waals surface area contributed by atoms with E-state index in [4.69, 9.17) is 23.2 Å². The monoisotopic (exact) mass is 285 g/mol. The van der Waals surface area contributed by atoms with E-state index >= 15 is 0 Å². The van der Waals surface area contributed by atoms with Gasteiger partial charge >= 0.3 is 0 Å². The van der Waals surface area contributed by atoms with Crippen LogP contribution in [0.5, 0.6) is 0 Å². The van der Waals surface area contributed by atoms with E-state index in [9.17, 15) is 8.78 Å². The average molecular weight is 286 g/mol. The highest BCUT2D eigenvalue weighted by Crippen LogP contribution is 2.28. The van der Waals surface area contributed by atoms with E-state index in [-0.39, 0.29) is 10.3 Å². The molecule has 1 heterocycles. The van der Waals surface area contributed by atoms with Crippen LogP contribution in [0.1, 0.15) is 11.1 Å². The SMILES string of the molecule is C=C(c1ccc(F)c(F)c1)c1ccc(Cl)nc1Cl. The van der Waals surface area contributed by atoms with Crippen molar-refractivity contribution < 1.29 is 8.78 Å². The standard InChI is InChI=1S/C13H7Cl2F2N/c1-7(8-2-4-10(16)11(17)6-8)9-3-5-12(14)18-13(9)15/h2-6H,1H2. The van der Waals surface area contributed by atoms with Crippen molar-refractivity contribution in [3.8, 4) is 0 Å². The fourth-order valence-corrected chi connectivity index (χ4v) is 1.94. The number of halogens is 4. The third-order valence-electron chi connectivity index (χ3n) is 2.41. The number of pyridine rings is 1. The number of hydrogen-bond acceptors (Lipinski definition) is 1. The maximum absolute atomic E-state index is 13.1. The van der Waals surface area contributed by atoms with E-state index in [0.717, 1.165) is 12.1 Å². The molecule has 0 saturated heterocycles. The molecule has 18 heavy (non-hydrogen) atoms. The van der Waals surface area contributed by atoms with Gasteiger partial charge in [0, 0.05) is 5.56 Å². The van der Waals surface area contributed by atoms with Gasteiger partial charge in [-0.05, 0) is 35.4 Å². The first kappa shape index (κ1) is 13.0. The van der Waals surface area contributed by atoms with Gasteiger partial charge in [-0.15, -0.1) is 0 Å². The molecule has 1 nitrogen and oxygen atoms in total. The van der Waals surface area contributed by atoms with E-state index in [2.05, 4.69) is 11.6 Å². The Morgan fingerprint density at radius 2 is 1.78 bits per heavy atom. The lowest BCUT2D eigenvalue weighted by atomic mass is 10.0. The molecule has 0 aliphatic rings. The molecule has 0 atom stereocenters. The van der Waals surface area contributed by atoms with Gasteiger partial charge in [0.2, 0.25) is 0 Å². The summed E-state index contributed by atoms with van der Waals surface area (Å²) in [4.78, 5) is 3.86. The minimum Gasteiger partial charge on any atom is -0.224 e. The molecule has 0 aliphatic heterocycles. The lowest BCUT2D eigenvalue weighted by Crippen LogP contribution is -1.92.